The average molecular weight is 309 g/mol. The van der Waals surface area contributed by atoms with Gasteiger partial charge >= 0.3 is 0 Å². The van der Waals surface area contributed by atoms with Crippen molar-refractivity contribution in [1.82, 2.24) is 0 Å². The molecule has 2 aromatic rings. The van der Waals surface area contributed by atoms with Crippen molar-refractivity contribution in [3.05, 3.63) is 69.7 Å². The van der Waals surface area contributed by atoms with Crippen molar-refractivity contribution in [1.29, 1.82) is 0 Å². The second kappa shape index (κ2) is 6.17. The lowest BCUT2D eigenvalue weighted by Crippen LogP contribution is -2.30. The first-order valence-corrected chi connectivity index (χ1v) is 7.34. The fourth-order valence-electron chi connectivity index (χ4n) is 2.33. The first-order valence-electron chi connectivity index (χ1n) is 6.58. The molecule has 0 aliphatic carbocycles. The molecule has 0 radical (unpaired) electrons. The fourth-order valence-corrected chi connectivity index (χ4v) is 2.58. The normalized spacial score (nSPS) is 13.2. The number of hydrogen-bond donors (Lipinski definition) is 1. The van der Waals surface area contributed by atoms with Crippen molar-refractivity contribution in [3.8, 4) is 0 Å². The first kappa shape index (κ1) is 15.4. The minimum absolute atomic E-state index is 0.000872. The van der Waals surface area contributed by atoms with Gasteiger partial charge in [-0.15, -0.1) is 0 Å². The molecule has 0 spiro atoms. The topological polar surface area (TPSA) is 20.2 Å². The van der Waals surface area contributed by atoms with Gasteiger partial charge in [-0.1, -0.05) is 47.5 Å². The summed E-state index contributed by atoms with van der Waals surface area (Å²) in [5.41, 5.74) is 1.42. The van der Waals surface area contributed by atoms with E-state index in [1.807, 2.05) is 62.4 Å². The molecule has 0 bridgehead atoms. The SMILES string of the molecule is CC(C)(O)C(Cc1ccc(Cl)cc1)c1ccc(Cl)cc1. The zero-order valence-corrected chi connectivity index (χ0v) is 13.1. The molecule has 0 aromatic heterocycles. The minimum Gasteiger partial charge on any atom is -0.390 e. The molecule has 20 heavy (non-hydrogen) atoms. The van der Waals surface area contributed by atoms with Crippen LogP contribution in [0, 0.1) is 0 Å². The molecule has 0 aliphatic heterocycles. The van der Waals surface area contributed by atoms with Crippen LogP contribution in [0.2, 0.25) is 10.0 Å². The predicted octanol–water partition coefficient (Wildman–Crippen LogP) is 5.09. The fraction of sp³-hybridized carbons (Fsp3) is 0.294. The van der Waals surface area contributed by atoms with Crippen molar-refractivity contribution in [3.63, 3.8) is 0 Å². The van der Waals surface area contributed by atoms with E-state index in [1.54, 1.807) is 0 Å². The summed E-state index contributed by atoms with van der Waals surface area (Å²) in [6.45, 7) is 3.67. The van der Waals surface area contributed by atoms with Gasteiger partial charge in [0.15, 0.2) is 0 Å². The molecule has 2 rings (SSSR count). The third-order valence-electron chi connectivity index (χ3n) is 3.48. The second-order valence-electron chi connectivity index (χ2n) is 5.59. The number of hydrogen-bond acceptors (Lipinski definition) is 1. The summed E-state index contributed by atoms with van der Waals surface area (Å²) < 4.78 is 0. The Labute approximate surface area is 130 Å². The lowest BCUT2D eigenvalue weighted by molar-refractivity contribution is 0.0496. The molecule has 1 atom stereocenters. The van der Waals surface area contributed by atoms with E-state index in [2.05, 4.69) is 0 Å². The lowest BCUT2D eigenvalue weighted by atomic mass is 9.80. The van der Waals surface area contributed by atoms with Gasteiger partial charge in [0.05, 0.1) is 5.60 Å². The van der Waals surface area contributed by atoms with E-state index < -0.39 is 5.60 Å². The number of benzene rings is 2. The van der Waals surface area contributed by atoms with Crippen LogP contribution in [0.4, 0.5) is 0 Å². The maximum absolute atomic E-state index is 10.5. The second-order valence-corrected chi connectivity index (χ2v) is 6.46. The van der Waals surface area contributed by atoms with Gasteiger partial charge in [0.2, 0.25) is 0 Å². The number of aliphatic hydroxyl groups is 1. The van der Waals surface area contributed by atoms with Crippen molar-refractivity contribution in [2.75, 3.05) is 0 Å². The van der Waals surface area contributed by atoms with Gasteiger partial charge in [0.25, 0.3) is 0 Å². The summed E-state index contributed by atoms with van der Waals surface area (Å²) in [5.74, 6) is 0.000872. The van der Waals surface area contributed by atoms with Crippen LogP contribution in [0.1, 0.15) is 30.9 Å². The molecule has 106 valence electrons. The Balaban J connectivity index is 2.29. The van der Waals surface area contributed by atoms with Crippen LogP contribution in [-0.4, -0.2) is 10.7 Å². The average Bonchev–Trinajstić information content (AvgIpc) is 2.38. The van der Waals surface area contributed by atoms with Crippen LogP contribution in [0.5, 0.6) is 0 Å². The van der Waals surface area contributed by atoms with E-state index in [0.717, 1.165) is 22.6 Å². The van der Waals surface area contributed by atoms with E-state index in [0.29, 0.717) is 5.02 Å². The Morgan fingerprint density at radius 2 is 1.35 bits per heavy atom. The maximum Gasteiger partial charge on any atom is 0.0663 e. The van der Waals surface area contributed by atoms with Crippen molar-refractivity contribution >= 4 is 23.2 Å². The summed E-state index contributed by atoms with van der Waals surface area (Å²) in [7, 11) is 0. The van der Waals surface area contributed by atoms with Gasteiger partial charge in [0.1, 0.15) is 0 Å². The molecule has 3 heteroatoms. The highest BCUT2D eigenvalue weighted by Crippen LogP contribution is 2.32. The molecule has 0 amide bonds. The van der Waals surface area contributed by atoms with Crippen LogP contribution >= 0.6 is 23.2 Å². The van der Waals surface area contributed by atoms with E-state index >= 15 is 0 Å². The van der Waals surface area contributed by atoms with Gasteiger partial charge in [0, 0.05) is 16.0 Å². The smallest absolute Gasteiger partial charge is 0.0663 e. The molecule has 0 aliphatic rings. The Kier molecular flexibility index (Phi) is 4.74. The quantitative estimate of drug-likeness (QED) is 0.834. The molecule has 0 saturated carbocycles. The molecular formula is C17H18Cl2O. The van der Waals surface area contributed by atoms with E-state index in [4.69, 9.17) is 23.2 Å². The molecule has 1 N–H and O–H groups in total. The third-order valence-corrected chi connectivity index (χ3v) is 3.98. The largest absolute Gasteiger partial charge is 0.390 e. The molecule has 2 aromatic carbocycles. The lowest BCUT2D eigenvalue weighted by Gasteiger charge is -2.30. The van der Waals surface area contributed by atoms with Crippen LogP contribution in [0.15, 0.2) is 48.5 Å². The minimum atomic E-state index is -0.812. The zero-order chi connectivity index (χ0) is 14.8. The van der Waals surface area contributed by atoms with Crippen molar-refractivity contribution < 1.29 is 5.11 Å². The van der Waals surface area contributed by atoms with Gasteiger partial charge < -0.3 is 5.11 Å². The Morgan fingerprint density at radius 3 is 1.80 bits per heavy atom. The highest BCUT2D eigenvalue weighted by molar-refractivity contribution is 6.30. The summed E-state index contributed by atoms with van der Waals surface area (Å²) in [5, 5.41) is 11.9. The van der Waals surface area contributed by atoms with Crippen LogP contribution in [-0.2, 0) is 6.42 Å². The number of rotatable bonds is 4. The Bertz CT molecular complexity index is 553. The standard InChI is InChI=1S/C17H18Cl2O/c1-17(2,20)16(13-5-9-15(19)10-6-13)11-12-3-7-14(18)8-4-12/h3-10,16,20H,11H2,1-2H3. The van der Waals surface area contributed by atoms with Gasteiger partial charge in [-0.2, -0.15) is 0 Å². The summed E-state index contributed by atoms with van der Waals surface area (Å²) in [6.07, 6.45) is 0.752. The van der Waals surface area contributed by atoms with Crippen LogP contribution < -0.4 is 0 Å². The molecule has 1 nitrogen and oxygen atoms in total. The highest BCUT2D eigenvalue weighted by atomic mass is 35.5. The molecule has 0 fully saturated rings. The monoisotopic (exact) mass is 308 g/mol. The predicted molar refractivity (Wildman–Crippen MR) is 85.6 cm³/mol. The first-order chi connectivity index (χ1) is 9.36. The van der Waals surface area contributed by atoms with Gasteiger partial charge in [-0.05, 0) is 55.7 Å². The van der Waals surface area contributed by atoms with Gasteiger partial charge in [-0.25, -0.2) is 0 Å². The van der Waals surface area contributed by atoms with Crippen LogP contribution in [0.3, 0.4) is 0 Å². The van der Waals surface area contributed by atoms with Crippen LogP contribution in [0.25, 0.3) is 0 Å². The molecule has 1 unspecified atom stereocenters. The molecular weight excluding hydrogens is 291 g/mol. The number of halogens is 2. The summed E-state index contributed by atoms with van der Waals surface area (Å²) in [4.78, 5) is 0. The Morgan fingerprint density at radius 1 is 0.900 bits per heavy atom. The highest BCUT2D eigenvalue weighted by Gasteiger charge is 2.28. The third kappa shape index (κ3) is 3.99. The molecule has 0 heterocycles. The van der Waals surface area contributed by atoms with E-state index in [-0.39, 0.29) is 5.92 Å². The van der Waals surface area contributed by atoms with Crippen molar-refractivity contribution in [2.45, 2.75) is 31.8 Å². The Hall–Kier alpha value is -1.02. The zero-order valence-electron chi connectivity index (χ0n) is 11.6. The maximum atomic E-state index is 10.5. The van der Waals surface area contributed by atoms with Crippen molar-refractivity contribution in [2.24, 2.45) is 0 Å². The van der Waals surface area contributed by atoms with Gasteiger partial charge in [-0.3, -0.25) is 0 Å². The van der Waals surface area contributed by atoms with E-state index in [1.165, 1.54) is 0 Å². The molecule has 0 saturated heterocycles. The summed E-state index contributed by atoms with van der Waals surface area (Å²) in [6, 6.07) is 15.4. The van der Waals surface area contributed by atoms with E-state index in [9.17, 15) is 5.11 Å². The summed E-state index contributed by atoms with van der Waals surface area (Å²) >= 11 is 11.8.